The van der Waals surface area contributed by atoms with Crippen LogP contribution in [0.4, 0.5) is 0 Å². The largest absolute Gasteiger partial charge is 0.481 e. The van der Waals surface area contributed by atoms with Gasteiger partial charge in [-0.25, -0.2) is 0 Å². The first kappa shape index (κ1) is 19.0. The fourth-order valence-electron chi connectivity index (χ4n) is 3.85. The normalized spacial score (nSPS) is 21.9. The van der Waals surface area contributed by atoms with Crippen molar-refractivity contribution in [2.45, 2.75) is 84.5 Å². The summed E-state index contributed by atoms with van der Waals surface area (Å²) in [5.74, 6) is 0.216. The molecule has 2 rings (SSSR count). The van der Waals surface area contributed by atoms with E-state index < -0.39 is 5.97 Å². The number of hydrogen-bond acceptors (Lipinski definition) is 1. The van der Waals surface area contributed by atoms with Gasteiger partial charge in [0, 0.05) is 6.42 Å². The lowest BCUT2D eigenvalue weighted by Gasteiger charge is -2.27. The standard InChI is InChI=1S/C22H34O2/c1-21(2,3)18-11-15(12-19(14-18)22(4,5)6)10-16-8-7-9-17(16)13-20(23)24/h11-12,14,16-17H,7-10,13H2,1-6H3,(H,23,24)/t16-,17+/m1/s1. The van der Waals surface area contributed by atoms with E-state index in [0.717, 1.165) is 12.8 Å². The maximum atomic E-state index is 11.1. The molecule has 0 unspecified atom stereocenters. The van der Waals surface area contributed by atoms with Crippen LogP contribution < -0.4 is 0 Å². The van der Waals surface area contributed by atoms with Crippen molar-refractivity contribution in [1.29, 1.82) is 0 Å². The van der Waals surface area contributed by atoms with Crippen LogP contribution in [0.1, 0.15) is 83.9 Å². The Balaban J connectivity index is 2.30. The number of benzene rings is 1. The highest BCUT2D eigenvalue weighted by molar-refractivity contribution is 5.67. The van der Waals surface area contributed by atoms with Gasteiger partial charge in [0.15, 0.2) is 0 Å². The van der Waals surface area contributed by atoms with Gasteiger partial charge in [-0.1, -0.05) is 66.2 Å². The minimum Gasteiger partial charge on any atom is -0.481 e. The molecule has 1 aromatic rings. The molecule has 0 aromatic heterocycles. The Labute approximate surface area is 147 Å². The number of hydrogen-bond donors (Lipinski definition) is 1. The Morgan fingerprint density at radius 1 is 0.958 bits per heavy atom. The summed E-state index contributed by atoms with van der Waals surface area (Å²) in [6.07, 6.45) is 4.76. The van der Waals surface area contributed by atoms with Crippen LogP contribution in [0.5, 0.6) is 0 Å². The van der Waals surface area contributed by atoms with Gasteiger partial charge in [0.1, 0.15) is 0 Å². The molecule has 0 aliphatic heterocycles. The van der Waals surface area contributed by atoms with Gasteiger partial charge in [-0.05, 0) is 58.6 Å². The highest BCUT2D eigenvalue weighted by Gasteiger charge is 2.30. The smallest absolute Gasteiger partial charge is 0.303 e. The molecule has 134 valence electrons. The van der Waals surface area contributed by atoms with E-state index in [2.05, 4.69) is 59.7 Å². The fraction of sp³-hybridized carbons (Fsp3) is 0.682. The molecule has 1 saturated carbocycles. The van der Waals surface area contributed by atoms with E-state index in [-0.39, 0.29) is 10.8 Å². The molecule has 1 N–H and O–H groups in total. The molecule has 0 radical (unpaired) electrons. The number of carboxylic acids is 1. The van der Waals surface area contributed by atoms with Crippen molar-refractivity contribution in [2.75, 3.05) is 0 Å². The second-order valence-electron chi connectivity index (χ2n) is 9.67. The second kappa shape index (κ2) is 6.90. The molecular formula is C22H34O2. The molecule has 1 aliphatic rings. The Morgan fingerprint density at radius 2 is 1.46 bits per heavy atom. The fourth-order valence-corrected chi connectivity index (χ4v) is 3.85. The van der Waals surface area contributed by atoms with Gasteiger partial charge in [-0.2, -0.15) is 0 Å². The predicted molar refractivity (Wildman–Crippen MR) is 101 cm³/mol. The molecule has 2 atom stereocenters. The summed E-state index contributed by atoms with van der Waals surface area (Å²) < 4.78 is 0. The molecule has 0 amide bonds. The van der Waals surface area contributed by atoms with Crippen LogP contribution in [-0.2, 0) is 22.0 Å². The molecule has 2 heteroatoms. The zero-order valence-corrected chi connectivity index (χ0v) is 16.3. The molecular weight excluding hydrogens is 296 g/mol. The van der Waals surface area contributed by atoms with Gasteiger partial charge in [0.05, 0.1) is 0 Å². The summed E-state index contributed by atoms with van der Waals surface area (Å²) in [5.41, 5.74) is 4.42. The van der Waals surface area contributed by atoms with E-state index in [4.69, 9.17) is 5.11 Å². The van der Waals surface area contributed by atoms with Gasteiger partial charge in [-0.3, -0.25) is 4.79 Å². The zero-order valence-electron chi connectivity index (χ0n) is 16.3. The molecule has 24 heavy (non-hydrogen) atoms. The van der Waals surface area contributed by atoms with Crippen LogP contribution >= 0.6 is 0 Å². The Bertz CT molecular complexity index is 555. The van der Waals surface area contributed by atoms with Gasteiger partial charge < -0.3 is 5.11 Å². The highest BCUT2D eigenvalue weighted by Crippen LogP contribution is 2.38. The van der Waals surface area contributed by atoms with E-state index in [0.29, 0.717) is 18.3 Å². The lowest BCUT2D eigenvalue weighted by atomic mass is 9.78. The average Bonchev–Trinajstić information content (AvgIpc) is 2.83. The predicted octanol–water partition coefficient (Wildman–Crippen LogP) is 5.72. The summed E-state index contributed by atoms with van der Waals surface area (Å²) >= 11 is 0. The maximum Gasteiger partial charge on any atom is 0.303 e. The lowest BCUT2D eigenvalue weighted by molar-refractivity contribution is -0.138. The molecule has 0 heterocycles. The Morgan fingerprint density at radius 3 is 1.92 bits per heavy atom. The second-order valence-corrected chi connectivity index (χ2v) is 9.67. The minimum absolute atomic E-state index is 0.131. The summed E-state index contributed by atoms with van der Waals surface area (Å²) in [7, 11) is 0. The first-order valence-electron chi connectivity index (χ1n) is 9.33. The monoisotopic (exact) mass is 330 g/mol. The third kappa shape index (κ3) is 4.84. The van der Waals surface area contributed by atoms with Crippen LogP contribution in [0.25, 0.3) is 0 Å². The lowest BCUT2D eigenvalue weighted by Crippen LogP contribution is -2.19. The number of aliphatic carboxylic acids is 1. The molecule has 1 aliphatic carbocycles. The van der Waals surface area contributed by atoms with Gasteiger partial charge in [0.2, 0.25) is 0 Å². The van der Waals surface area contributed by atoms with E-state index in [1.807, 2.05) is 0 Å². The third-order valence-corrected chi connectivity index (χ3v) is 5.48. The van der Waals surface area contributed by atoms with Gasteiger partial charge in [0.25, 0.3) is 0 Å². The van der Waals surface area contributed by atoms with Crippen LogP contribution in [0, 0.1) is 11.8 Å². The molecule has 0 spiro atoms. The Hall–Kier alpha value is -1.31. The summed E-state index contributed by atoms with van der Waals surface area (Å²) in [4.78, 5) is 11.1. The van der Waals surface area contributed by atoms with Crippen LogP contribution in [0.15, 0.2) is 18.2 Å². The van der Waals surface area contributed by atoms with E-state index in [1.165, 1.54) is 29.5 Å². The summed E-state index contributed by atoms with van der Waals surface area (Å²) in [5, 5.41) is 9.16. The summed E-state index contributed by atoms with van der Waals surface area (Å²) in [6.45, 7) is 13.6. The topological polar surface area (TPSA) is 37.3 Å². The van der Waals surface area contributed by atoms with Crippen molar-refractivity contribution < 1.29 is 9.90 Å². The average molecular weight is 331 g/mol. The van der Waals surface area contributed by atoms with Crippen molar-refractivity contribution >= 4 is 5.97 Å². The number of carbonyl (C=O) groups is 1. The van der Waals surface area contributed by atoms with E-state index in [1.54, 1.807) is 0 Å². The first-order valence-corrected chi connectivity index (χ1v) is 9.33. The van der Waals surface area contributed by atoms with Crippen molar-refractivity contribution in [3.63, 3.8) is 0 Å². The van der Waals surface area contributed by atoms with Crippen molar-refractivity contribution in [3.8, 4) is 0 Å². The zero-order chi connectivity index (χ0) is 18.1. The van der Waals surface area contributed by atoms with Crippen LogP contribution in [0.2, 0.25) is 0 Å². The molecule has 2 nitrogen and oxygen atoms in total. The van der Waals surface area contributed by atoms with Crippen molar-refractivity contribution in [2.24, 2.45) is 11.8 Å². The SMILES string of the molecule is CC(C)(C)c1cc(C[C@H]2CCC[C@H]2CC(=O)O)cc(C(C)(C)C)c1. The molecule has 1 fully saturated rings. The minimum atomic E-state index is -0.647. The first-order chi connectivity index (χ1) is 11.0. The van der Waals surface area contributed by atoms with E-state index in [9.17, 15) is 4.79 Å². The van der Waals surface area contributed by atoms with Gasteiger partial charge in [-0.15, -0.1) is 0 Å². The quantitative estimate of drug-likeness (QED) is 0.767. The third-order valence-electron chi connectivity index (χ3n) is 5.48. The molecule has 0 saturated heterocycles. The number of rotatable bonds is 4. The molecule has 0 bridgehead atoms. The van der Waals surface area contributed by atoms with Gasteiger partial charge >= 0.3 is 5.97 Å². The molecule has 1 aromatic carbocycles. The summed E-state index contributed by atoms with van der Waals surface area (Å²) in [6, 6.07) is 7.06. The van der Waals surface area contributed by atoms with Crippen LogP contribution in [-0.4, -0.2) is 11.1 Å². The maximum absolute atomic E-state index is 11.1. The number of carboxylic acid groups (broad SMARTS) is 1. The Kier molecular flexibility index (Phi) is 5.47. The van der Waals surface area contributed by atoms with E-state index >= 15 is 0 Å². The highest BCUT2D eigenvalue weighted by atomic mass is 16.4. The van der Waals surface area contributed by atoms with Crippen LogP contribution in [0.3, 0.4) is 0 Å². The van der Waals surface area contributed by atoms with Crippen molar-refractivity contribution in [1.82, 2.24) is 0 Å². The van der Waals surface area contributed by atoms with Crippen molar-refractivity contribution in [3.05, 3.63) is 34.9 Å².